The molecule has 0 aliphatic rings. The summed E-state index contributed by atoms with van der Waals surface area (Å²) in [4.78, 5) is 30.0. The van der Waals surface area contributed by atoms with E-state index in [-0.39, 0.29) is 18.9 Å². The molecule has 0 spiro atoms. The van der Waals surface area contributed by atoms with Crippen LogP contribution in [0.2, 0.25) is 0 Å². The van der Waals surface area contributed by atoms with Gasteiger partial charge in [0, 0.05) is 29.1 Å². The second-order valence-electron chi connectivity index (χ2n) is 7.86. The molecular weight excluding hydrogens is 418 g/mol. The number of para-hydroxylation sites is 2. The molecule has 2 aromatic heterocycles. The van der Waals surface area contributed by atoms with Gasteiger partial charge in [-0.25, -0.2) is 4.98 Å². The highest BCUT2D eigenvalue weighted by molar-refractivity contribution is 5.99. The molecule has 7 nitrogen and oxygen atoms in total. The Morgan fingerprint density at radius 3 is 2.45 bits per heavy atom. The quantitative estimate of drug-likeness (QED) is 0.296. The molecule has 0 fully saturated rings. The topological polar surface area (TPSA) is 75.4 Å². The Morgan fingerprint density at radius 2 is 1.76 bits per heavy atom. The van der Waals surface area contributed by atoms with Crippen molar-refractivity contribution in [1.82, 2.24) is 14.1 Å². The molecule has 0 N–H and O–H groups in total. The number of ether oxygens (including phenoxy) is 2. The number of methoxy groups -OCH3 is 1. The van der Waals surface area contributed by atoms with Crippen LogP contribution in [-0.4, -0.2) is 39.6 Å². The third kappa shape index (κ3) is 4.39. The summed E-state index contributed by atoms with van der Waals surface area (Å²) < 4.78 is 14.4. The molecule has 0 aliphatic carbocycles. The second-order valence-corrected chi connectivity index (χ2v) is 7.86. The fourth-order valence-corrected chi connectivity index (χ4v) is 4.14. The van der Waals surface area contributed by atoms with E-state index in [4.69, 9.17) is 9.47 Å². The predicted octanol–water partition coefficient (Wildman–Crippen LogP) is 4.44. The standard InChI is InChI=1S/C26H27N3O4/c1-5-25-27-22-8-6-7-9-23(22)28(25)15-26(31)33-16-24(30)21-14-17(2)29(18(21)3)19-10-12-20(32-4)13-11-19/h6-14H,5,15-16H2,1-4H3. The Hall–Kier alpha value is -3.87. The molecule has 0 atom stereocenters. The van der Waals surface area contributed by atoms with Gasteiger partial charge in [0.2, 0.25) is 5.78 Å². The smallest absolute Gasteiger partial charge is 0.326 e. The summed E-state index contributed by atoms with van der Waals surface area (Å²) >= 11 is 0. The molecule has 33 heavy (non-hydrogen) atoms. The van der Waals surface area contributed by atoms with Crippen molar-refractivity contribution in [2.45, 2.75) is 33.7 Å². The van der Waals surface area contributed by atoms with Gasteiger partial charge < -0.3 is 18.6 Å². The van der Waals surface area contributed by atoms with Gasteiger partial charge in [-0.2, -0.15) is 0 Å². The van der Waals surface area contributed by atoms with Gasteiger partial charge in [0.25, 0.3) is 0 Å². The molecule has 7 heteroatoms. The molecular formula is C26H27N3O4. The van der Waals surface area contributed by atoms with Crippen molar-refractivity contribution in [1.29, 1.82) is 0 Å². The molecule has 0 unspecified atom stereocenters. The van der Waals surface area contributed by atoms with E-state index in [1.165, 1.54) is 0 Å². The van der Waals surface area contributed by atoms with E-state index in [9.17, 15) is 9.59 Å². The Balaban J connectivity index is 1.47. The van der Waals surface area contributed by atoms with Gasteiger partial charge >= 0.3 is 5.97 Å². The van der Waals surface area contributed by atoms with E-state index < -0.39 is 5.97 Å². The van der Waals surface area contributed by atoms with Gasteiger partial charge in [-0.3, -0.25) is 9.59 Å². The van der Waals surface area contributed by atoms with Crippen LogP contribution in [0, 0.1) is 13.8 Å². The zero-order valence-electron chi connectivity index (χ0n) is 19.3. The highest BCUT2D eigenvalue weighted by atomic mass is 16.5. The van der Waals surface area contributed by atoms with Crippen molar-refractivity contribution in [3.8, 4) is 11.4 Å². The number of aryl methyl sites for hydroxylation is 2. The zero-order chi connectivity index (χ0) is 23.5. The summed E-state index contributed by atoms with van der Waals surface area (Å²) in [6, 6.07) is 17.1. The largest absolute Gasteiger partial charge is 0.497 e. The molecule has 170 valence electrons. The van der Waals surface area contributed by atoms with Crippen LogP contribution in [0.1, 0.15) is 34.5 Å². The number of nitrogens with zero attached hydrogens (tertiary/aromatic N) is 3. The first-order valence-electron chi connectivity index (χ1n) is 10.9. The first-order chi connectivity index (χ1) is 15.9. The van der Waals surface area contributed by atoms with Crippen LogP contribution in [0.15, 0.2) is 54.6 Å². The number of imidazole rings is 1. The minimum absolute atomic E-state index is 0.0157. The number of rotatable bonds is 8. The number of aromatic nitrogens is 3. The lowest BCUT2D eigenvalue weighted by atomic mass is 10.1. The summed E-state index contributed by atoms with van der Waals surface area (Å²) in [5.74, 6) is 0.872. The highest BCUT2D eigenvalue weighted by Crippen LogP contribution is 2.23. The minimum Gasteiger partial charge on any atom is -0.497 e. The average molecular weight is 446 g/mol. The number of hydrogen-bond acceptors (Lipinski definition) is 5. The Kier molecular flexibility index (Phi) is 6.31. The maximum absolute atomic E-state index is 12.9. The predicted molar refractivity (Wildman–Crippen MR) is 126 cm³/mol. The van der Waals surface area contributed by atoms with Gasteiger partial charge in [0.15, 0.2) is 6.61 Å². The number of esters is 1. The van der Waals surface area contributed by atoms with E-state index in [1.54, 1.807) is 7.11 Å². The fraction of sp³-hybridized carbons (Fsp3) is 0.269. The number of carbonyl (C=O) groups excluding carboxylic acids is 2. The number of fused-ring (bicyclic) bond motifs is 1. The normalized spacial score (nSPS) is 11.0. The number of carbonyl (C=O) groups is 2. The summed E-state index contributed by atoms with van der Waals surface area (Å²) in [6.45, 7) is 5.53. The van der Waals surface area contributed by atoms with E-state index in [1.807, 2.05) is 84.5 Å². The van der Waals surface area contributed by atoms with Gasteiger partial charge in [-0.05, 0) is 56.3 Å². The molecule has 4 rings (SSSR count). The summed E-state index contributed by atoms with van der Waals surface area (Å²) in [5.41, 5.74) is 4.90. The molecule has 4 aromatic rings. The van der Waals surface area contributed by atoms with Crippen LogP contribution in [0.25, 0.3) is 16.7 Å². The molecule has 0 radical (unpaired) electrons. The Morgan fingerprint density at radius 1 is 1.03 bits per heavy atom. The number of Topliss-reactive ketones (excluding diaryl/α,β-unsaturated/α-hetero) is 1. The summed E-state index contributed by atoms with van der Waals surface area (Å²) in [6.07, 6.45) is 0.693. The fourth-order valence-electron chi connectivity index (χ4n) is 4.14. The monoisotopic (exact) mass is 445 g/mol. The lowest BCUT2D eigenvalue weighted by Crippen LogP contribution is -2.19. The first kappa shape index (κ1) is 22.3. The van der Waals surface area contributed by atoms with Crippen molar-refractivity contribution in [2.24, 2.45) is 0 Å². The minimum atomic E-state index is -0.467. The second kappa shape index (κ2) is 9.32. The van der Waals surface area contributed by atoms with Crippen LogP contribution in [0.3, 0.4) is 0 Å². The van der Waals surface area contributed by atoms with Gasteiger partial charge in [0.05, 0.1) is 18.1 Å². The lowest BCUT2D eigenvalue weighted by Gasteiger charge is -2.11. The van der Waals surface area contributed by atoms with Crippen LogP contribution >= 0.6 is 0 Å². The molecule has 0 amide bonds. The Labute approximate surface area is 192 Å². The molecule has 2 aromatic carbocycles. The SMILES string of the molecule is CCc1nc2ccccc2n1CC(=O)OCC(=O)c1cc(C)n(-c2ccc(OC)cc2)c1C. The van der Waals surface area contributed by atoms with Gasteiger partial charge in [0.1, 0.15) is 18.1 Å². The van der Waals surface area contributed by atoms with E-state index in [0.717, 1.165) is 39.7 Å². The number of ketones is 1. The molecule has 0 saturated carbocycles. The number of benzene rings is 2. The molecule has 0 aliphatic heterocycles. The van der Waals surface area contributed by atoms with Crippen LogP contribution in [0.5, 0.6) is 5.75 Å². The van der Waals surface area contributed by atoms with Crippen LogP contribution in [0.4, 0.5) is 0 Å². The zero-order valence-corrected chi connectivity index (χ0v) is 19.3. The van der Waals surface area contributed by atoms with E-state index in [2.05, 4.69) is 4.98 Å². The van der Waals surface area contributed by atoms with E-state index in [0.29, 0.717) is 12.0 Å². The van der Waals surface area contributed by atoms with Crippen molar-refractivity contribution in [3.05, 3.63) is 77.4 Å². The highest BCUT2D eigenvalue weighted by Gasteiger charge is 2.19. The van der Waals surface area contributed by atoms with Gasteiger partial charge in [-0.15, -0.1) is 0 Å². The average Bonchev–Trinajstić information content (AvgIpc) is 3.33. The maximum Gasteiger partial charge on any atom is 0.326 e. The van der Waals surface area contributed by atoms with Crippen molar-refractivity contribution >= 4 is 22.8 Å². The third-order valence-electron chi connectivity index (χ3n) is 5.76. The van der Waals surface area contributed by atoms with Crippen LogP contribution < -0.4 is 4.74 Å². The lowest BCUT2D eigenvalue weighted by molar-refractivity contribution is -0.143. The maximum atomic E-state index is 12.9. The van der Waals surface area contributed by atoms with Crippen molar-refractivity contribution in [2.75, 3.05) is 13.7 Å². The summed E-state index contributed by atoms with van der Waals surface area (Å²) in [7, 11) is 1.62. The van der Waals surface area contributed by atoms with Crippen molar-refractivity contribution < 1.29 is 19.1 Å². The summed E-state index contributed by atoms with van der Waals surface area (Å²) in [5, 5.41) is 0. The first-order valence-corrected chi connectivity index (χ1v) is 10.9. The van der Waals surface area contributed by atoms with Gasteiger partial charge in [-0.1, -0.05) is 19.1 Å². The number of hydrogen-bond donors (Lipinski definition) is 0. The molecule has 2 heterocycles. The molecule has 0 saturated heterocycles. The van der Waals surface area contributed by atoms with Crippen molar-refractivity contribution in [3.63, 3.8) is 0 Å². The Bertz CT molecular complexity index is 1320. The third-order valence-corrected chi connectivity index (χ3v) is 5.76. The van der Waals surface area contributed by atoms with E-state index >= 15 is 0 Å². The van der Waals surface area contributed by atoms with Crippen LogP contribution in [-0.2, 0) is 22.5 Å². The molecule has 0 bridgehead atoms.